The first-order chi connectivity index (χ1) is 10.2. The first-order valence-electron chi connectivity index (χ1n) is 7.51. The van der Waals surface area contributed by atoms with Gasteiger partial charge in [0.1, 0.15) is 12.4 Å². The lowest BCUT2D eigenvalue weighted by molar-refractivity contribution is 0.359. The summed E-state index contributed by atoms with van der Waals surface area (Å²) in [4.78, 5) is 4.61. The third-order valence-electron chi connectivity index (χ3n) is 2.76. The van der Waals surface area contributed by atoms with E-state index in [9.17, 15) is 0 Å². The average molecular weight is 417 g/mol. The van der Waals surface area contributed by atoms with Crippen molar-refractivity contribution in [2.24, 2.45) is 10.9 Å². The Kier molecular flexibility index (Phi) is 11.6. The van der Waals surface area contributed by atoms with Gasteiger partial charge in [-0.05, 0) is 18.9 Å². The van der Waals surface area contributed by atoms with Crippen molar-refractivity contribution in [2.75, 3.05) is 19.7 Å². The molecule has 0 aliphatic rings. The lowest BCUT2D eigenvalue weighted by Crippen LogP contribution is -2.39. The van der Waals surface area contributed by atoms with Gasteiger partial charge in [0, 0.05) is 18.7 Å². The summed E-state index contributed by atoms with van der Waals surface area (Å²) in [5, 5.41) is 6.59. The summed E-state index contributed by atoms with van der Waals surface area (Å²) < 4.78 is 5.65. The standard InChI is InChI=1S/C17H27N3O.HI/c1-5-11-21-16-10-8-7-9-15(16)13-20-17(18-6-2)19-12-14(3)4;/h5,7-10,14H,1,6,11-13H2,2-4H3,(H2,18,19,20);1H. The van der Waals surface area contributed by atoms with E-state index in [1.165, 1.54) is 0 Å². The molecule has 4 nitrogen and oxygen atoms in total. The van der Waals surface area contributed by atoms with E-state index in [1.54, 1.807) is 6.08 Å². The first-order valence-corrected chi connectivity index (χ1v) is 7.51. The highest BCUT2D eigenvalue weighted by atomic mass is 127. The zero-order valence-electron chi connectivity index (χ0n) is 13.8. The van der Waals surface area contributed by atoms with Gasteiger partial charge >= 0.3 is 0 Å². The van der Waals surface area contributed by atoms with Crippen molar-refractivity contribution in [3.05, 3.63) is 42.5 Å². The number of hydrogen-bond donors (Lipinski definition) is 2. The normalized spacial score (nSPS) is 10.8. The fourth-order valence-corrected chi connectivity index (χ4v) is 1.73. The van der Waals surface area contributed by atoms with Gasteiger partial charge in [-0.3, -0.25) is 0 Å². The van der Waals surface area contributed by atoms with Crippen LogP contribution < -0.4 is 15.4 Å². The maximum atomic E-state index is 5.65. The number of nitrogens with zero attached hydrogens (tertiary/aromatic N) is 1. The molecule has 0 aliphatic carbocycles. The zero-order chi connectivity index (χ0) is 15.5. The molecule has 0 bridgehead atoms. The molecule has 0 aliphatic heterocycles. The average Bonchev–Trinajstić information content (AvgIpc) is 2.48. The van der Waals surface area contributed by atoms with Crippen molar-refractivity contribution in [2.45, 2.75) is 27.3 Å². The molecule has 0 saturated carbocycles. The van der Waals surface area contributed by atoms with Gasteiger partial charge in [0.15, 0.2) is 5.96 Å². The smallest absolute Gasteiger partial charge is 0.191 e. The van der Waals surface area contributed by atoms with Crippen LogP contribution in [0.1, 0.15) is 26.3 Å². The number of halogens is 1. The maximum Gasteiger partial charge on any atom is 0.191 e. The first kappa shape index (κ1) is 20.8. The van der Waals surface area contributed by atoms with Crippen molar-refractivity contribution in [1.29, 1.82) is 0 Å². The Morgan fingerprint density at radius 2 is 2.05 bits per heavy atom. The molecule has 5 heteroatoms. The molecule has 124 valence electrons. The predicted octanol–water partition coefficient (Wildman–Crippen LogP) is 3.58. The van der Waals surface area contributed by atoms with Crippen LogP contribution in [0.2, 0.25) is 0 Å². The number of ether oxygens (including phenoxy) is 1. The highest BCUT2D eigenvalue weighted by molar-refractivity contribution is 14.0. The Hall–Kier alpha value is -1.24. The minimum absolute atomic E-state index is 0. The van der Waals surface area contributed by atoms with Crippen molar-refractivity contribution < 1.29 is 4.74 Å². The Bertz CT molecular complexity index is 461. The number of rotatable bonds is 8. The van der Waals surface area contributed by atoms with Crippen LogP contribution in [-0.4, -0.2) is 25.7 Å². The van der Waals surface area contributed by atoms with Crippen LogP contribution in [0.3, 0.4) is 0 Å². The lowest BCUT2D eigenvalue weighted by Gasteiger charge is -2.13. The van der Waals surface area contributed by atoms with E-state index in [1.807, 2.05) is 24.3 Å². The van der Waals surface area contributed by atoms with Gasteiger partial charge in [-0.1, -0.05) is 44.7 Å². The highest BCUT2D eigenvalue weighted by Crippen LogP contribution is 2.18. The molecule has 0 saturated heterocycles. The van der Waals surface area contributed by atoms with Gasteiger partial charge in [-0.2, -0.15) is 0 Å². The lowest BCUT2D eigenvalue weighted by atomic mass is 10.2. The molecule has 0 heterocycles. The van der Waals surface area contributed by atoms with Crippen LogP contribution in [-0.2, 0) is 6.54 Å². The Balaban J connectivity index is 0.00000441. The molecule has 0 unspecified atom stereocenters. The number of hydrogen-bond acceptors (Lipinski definition) is 2. The van der Waals surface area contributed by atoms with Crippen molar-refractivity contribution >= 4 is 29.9 Å². The highest BCUT2D eigenvalue weighted by Gasteiger charge is 2.03. The van der Waals surface area contributed by atoms with Crippen molar-refractivity contribution in [1.82, 2.24) is 10.6 Å². The fraction of sp³-hybridized carbons (Fsp3) is 0.471. The maximum absolute atomic E-state index is 5.65. The number of benzene rings is 1. The van der Waals surface area contributed by atoms with Gasteiger partial charge < -0.3 is 15.4 Å². The molecule has 0 fully saturated rings. The number of guanidine groups is 1. The van der Waals surface area contributed by atoms with Crippen LogP contribution in [0, 0.1) is 5.92 Å². The van der Waals surface area contributed by atoms with E-state index in [-0.39, 0.29) is 24.0 Å². The third-order valence-corrected chi connectivity index (χ3v) is 2.76. The zero-order valence-corrected chi connectivity index (χ0v) is 16.1. The molecule has 0 atom stereocenters. The number of aliphatic imine (C=N–C) groups is 1. The van der Waals surface area contributed by atoms with Crippen molar-refractivity contribution in [3.63, 3.8) is 0 Å². The Labute approximate surface area is 151 Å². The van der Waals surface area contributed by atoms with Crippen LogP contribution in [0.5, 0.6) is 5.75 Å². The monoisotopic (exact) mass is 417 g/mol. The second-order valence-electron chi connectivity index (χ2n) is 5.18. The van der Waals surface area contributed by atoms with Crippen LogP contribution in [0.25, 0.3) is 0 Å². The second kappa shape index (κ2) is 12.3. The molecule has 1 aromatic rings. The largest absolute Gasteiger partial charge is 0.489 e. The molecule has 1 aromatic carbocycles. The van der Waals surface area contributed by atoms with E-state index >= 15 is 0 Å². The van der Waals surface area contributed by atoms with Crippen molar-refractivity contribution in [3.8, 4) is 5.75 Å². The molecule has 0 aromatic heterocycles. The molecule has 0 radical (unpaired) electrons. The third kappa shape index (κ3) is 8.26. The topological polar surface area (TPSA) is 45.6 Å². The SMILES string of the molecule is C=CCOc1ccccc1CN=C(NCC)NCC(C)C.I. The van der Waals surface area contributed by atoms with Crippen LogP contribution in [0.4, 0.5) is 0 Å². The summed E-state index contributed by atoms with van der Waals surface area (Å²) in [6.07, 6.45) is 1.74. The van der Waals surface area contributed by atoms with Crippen LogP contribution >= 0.6 is 24.0 Å². The van der Waals surface area contributed by atoms with Crippen LogP contribution in [0.15, 0.2) is 41.9 Å². The molecule has 0 amide bonds. The van der Waals surface area contributed by atoms with E-state index in [4.69, 9.17) is 4.74 Å². The summed E-state index contributed by atoms with van der Waals surface area (Å²) >= 11 is 0. The van der Waals surface area contributed by atoms with E-state index in [0.29, 0.717) is 19.1 Å². The molecule has 1 rings (SSSR count). The van der Waals surface area contributed by atoms with Gasteiger partial charge in [0.25, 0.3) is 0 Å². The van der Waals surface area contributed by atoms with Gasteiger partial charge in [0.05, 0.1) is 6.54 Å². The minimum atomic E-state index is 0. The molecular weight excluding hydrogens is 389 g/mol. The number of nitrogens with one attached hydrogen (secondary N) is 2. The van der Waals surface area contributed by atoms with Gasteiger partial charge in [-0.25, -0.2) is 4.99 Å². The predicted molar refractivity (Wildman–Crippen MR) is 105 cm³/mol. The fourth-order valence-electron chi connectivity index (χ4n) is 1.73. The second-order valence-corrected chi connectivity index (χ2v) is 5.18. The summed E-state index contributed by atoms with van der Waals surface area (Å²) in [6, 6.07) is 7.96. The number of para-hydroxylation sites is 1. The van der Waals surface area contributed by atoms with E-state index < -0.39 is 0 Å². The minimum Gasteiger partial charge on any atom is -0.489 e. The van der Waals surface area contributed by atoms with Gasteiger partial charge in [0.2, 0.25) is 0 Å². The molecule has 22 heavy (non-hydrogen) atoms. The van der Waals surface area contributed by atoms with E-state index in [2.05, 4.69) is 43.0 Å². The summed E-state index contributed by atoms with van der Waals surface area (Å²) in [7, 11) is 0. The molecule has 2 N–H and O–H groups in total. The molecule has 0 spiro atoms. The summed E-state index contributed by atoms with van der Waals surface area (Å²) in [5.74, 6) is 2.28. The van der Waals surface area contributed by atoms with E-state index in [0.717, 1.165) is 30.4 Å². The Morgan fingerprint density at radius 1 is 1.32 bits per heavy atom. The summed E-state index contributed by atoms with van der Waals surface area (Å²) in [6.45, 7) is 12.9. The Morgan fingerprint density at radius 3 is 2.68 bits per heavy atom. The van der Waals surface area contributed by atoms with Gasteiger partial charge in [-0.15, -0.1) is 24.0 Å². The molecular formula is C17H28IN3O. The quantitative estimate of drug-likeness (QED) is 0.294. The summed E-state index contributed by atoms with van der Waals surface area (Å²) in [5.41, 5.74) is 1.07.